The second-order valence-electron chi connectivity index (χ2n) is 10.3. The molecule has 2 rings (SSSR count). The maximum absolute atomic E-state index is 13.6. The summed E-state index contributed by atoms with van der Waals surface area (Å²) in [5.41, 5.74) is 4.18. The molecular formula is C23H39N4O10PS. The molecule has 0 amide bonds. The van der Waals surface area contributed by atoms with Gasteiger partial charge in [-0.2, -0.15) is 4.98 Å². The monoisotopic (exact) mass is 594 g/mol. The number of nitrogens with two attached hydrogens (primary N) is 1. The first-order chi connectivity index (χ1) is 18.1. The van der Waals surface area contributed by atoms with Crippen molar-refractivity contribution < 1.29 is 42.9 Å². The molecule has 1 fully saturated rings. The van der Waals surface area contributed by atoms with Crippen molar-refractivity contribution in [2.75, 3.05) is 31.3 Å². The SMILES string of the molecule is CC(C)OC(=O)C(C)NP(=O)(OCCSC(=O)C(C)(C)C)OC[C@H]1O[C@@H](n2ccc(N)nc2=O)[C@H](O)[C@@H]1CO. The molecule has 1 aliphatic rings. The quantitative estimate of drug-likeness (QED) is 0.143. The van der Waals surface area contributed by atoms with Gasteiger partial charge in [-0.25, -0.2) is 14.4 Å². The van der Waals surface area contributed by atoms with Crippen molar-refractivity contribution in [2.45, 2.75) is 72.1 Å². The largest absolute Gasteiger partial charge is 0.462 e. The fourth-order valence-corrected chi connectivity index (χ4v) is 5.83. The molecule has 2 unspecified atom stereocenters. The van der Waals surface area contributed by atoms with Gasteiger partial charge in [0.05, 0.1) is 32.0 Å². The van der Waals surface area contributed by atoms with E-state index in [0.717, 1.165) is 16.3 Å². The number of hydrogen-bond donors (Lipinski definition) is 4. The predicted octanol–water partition coefficient (Wildman–Crippen LogP) is 1.07. The number of esters is 1. The van der Waals surface area contributed by atoms with Crippen molar-refractivity contribution in [3.8, 4) is 0 Å². The van der Waals surface area contributed by atoms with E-state index in [-0.39, 0.29) is 23.3 Å². The lowest BCUT2D eigenvalue weighted by atomic mass is 9.99. The fourth-order valence-electron chi connectivity index (χ4n) is 3.45. The molecule has 0 saturated carbocycles. The number of ether oxygens (including phenoxy) is 2. The summed E-state index contributed by atoms with van der Waals surface area (Å²) in [6, 6.07) is 0.263. The summed E-state index contributed by atoms with van der Waals surface area (Å²) < 4.78 is 36.6. The van der Waals surface area contributed by atoms with Gasteiger partial charge in [-0.3, -0.25) is 23.2 Å². The Labute approximate surface area is 231 Å². The number of anilines is 1. The van der Waals surface area contributed by atoms with Crippen LogP contribution in [0.4, 0.5) is 5.82 Å². The maximum atomic E-state index is 13.6. The first-order valence-electron chi connectivity index (χ1n) is 12.4. The molecule has 39 heavy (non-hydrogen) atoms. The van der Waals surface area contributed by atoms with Gasteiger partial charge < -0.3 is 25.4 Å². The Morgan fingerprint density at radius 1 is 1.31 bits per heavy atom. The molecule has 2 heterocycles. The summed E-state index contributed by atoms with van der Waals surface area (Å²) >= 11 is 1.01. The Kier molecular flexibility index (Phi) is 12.1. The fraction of sp³-hybridized carbons (Fsp3) is 0.739. The van der Waals surface area contributed by atoms with E-state index >= 15 is 0 Å². The summed E-state index contributed by atoms with van der Waals surface area (Å²) in [7, 11) is -4.21. The zero-order valence-corrected chi connectivity index (χ0v) is 24.6. The van der Waals surface area contributed by atoms with Crippen LogP contribution >= 0.6 is 19.5 Å². The number of aliphatic hydroxyl groups excluding tert-OH is 2. The molecule has 222 valence electrons. The third kappa shape index (κ3) is 9.64. The van der Waals surface area contributed by atoms with Gasteiger partial charge in [0.1, 0.15) is 18.0 Å². The molecule has 0 radical (unpaired) electrons. The Hall–Kier alpha value is -1.84. The van der Waals surface area contributed by atoms with E-state index in [9.17, 15) is 29.2 Å². The zero-order valence-electron chi connectivity index (χ0n) is 22.9. The minimum Gasteiger partial charge on any atom is -0.462 e. The van der Waals surface area contributed by atoms with Crippen molar-refractivity contribution in [3.05, 3.63) is 22.7 Å². The van der Waals surface area contributed by atoms with E-state index in [0.29, 0.717) is 0 Å². The lowest BCUT2D eigenvalue weighted by Crippen LogP contribution is -2.37. The first-order valence-corrected chi connectivity index (χ1v) is 14.9. The highest BCUT2D eigenvalue weighted by molar-refractivity contribution is 8.13. The highest BCUT2D eigenvalue weighted by atomic mass is 32.2. The van der Waals surface area contributed by atoms with E-state index in [2.05, 4.69) is 10.1 Å². The lowest BCUT2D eigenvalue weighted by molar-refractivity contribution is -0.149. The van der Waals surface area contributed by atoms with Crippen molar-refractivity contribution in [2.24, 2.45) is 11.3 Å². The third-order valence-electron chi connectivity index (χ3n) is 5.52. The number of aromatic nitrogens is 2. The van der Waals surface area contributed by atoms with Gasteiger partial charge in [0, 0.05) is 23.3 Å². The van der Waals surface area contributed by atoms with Crippen LogP contribution in [0.25, 0.3) is 0 Å². The number of carbonyl (C=O) groups is 2. The van der Waals surface area contributed by atoms with Gasteiger partial charge in [-0.15, -0.1) is 0 Å². The third-order valence-corrected chi connectivity index (χ3v) is 8.48. The molecular weight excluding hydrogens is 555 g/mol. The standard InChI is InChI=1S/C23H39N4O10PS/c1-13(2)36-20(30)14(3)26-38(33,34-9-10-39-21(31)23(4,5)6)35-12-16-15(11-28)18(29)19(37-16)27-8-7-17(24)25-22(27)32/h7-8,13-16,18-19,28-29H,9-12H2,1-6H3,(H,26,33)(H2,24,25,32)/t14?,15-,16-,18-,19-,38?/m1/s1. The Balaban J connectivity index is 2.15. The van der Waals surface area contributed by atoms with Crippen LogP contribution in [0.3, 0.4) is 0 Å². The number of hydrogen-bond acceptors (Lipinski definition) is 13. The molecule has 0 bridgehead atoms. The maximum Gasteiger partial charge on any atom is 0.406 e. The second-order valence-corrected chi connectivity index (χ2v) is 13.1. The smallest absolute Gasteiger partial charge is 0.406 e. The number of rotatable bonds is 13. The van der Waals surface area contributed by atoms with E-state index < -0.39 is 74.5 Å². The van der Waals surface area contributed by atoms with E-state index in [1.165, 1.54) is 19.2 Å². The van der Waals surface area contributed by atoms with Crippen molar-refractivity contribution in [1.29, 1.82) is 0 Å². The van der Waals surface area contributed by atoms with Crippen LogP contribution in [0.15, 0.2) is 17.1 Å². The summed E-state index contributed by atoms with van der Waals surface area (Å²) in [5.74, 6) is -1.45. The predicted molar refractivity (Wildman–Crippen MR) is 144 cm³/mol. The highest BCUT2D eigenvalue weighted by Crippen LogP contribution is 2.46. The van der Waals surface area contributed by atoms with E-state index in [1.54, 1.807) is 34.6 Å². The van der Waals surface area contributed by atoms with Crippen LogP contribution in [0.5, 0.6) is 0 Å². The molecule has 0 aliphatic carbocycles. The van der Waals surface area contributed by atoms with Crippen LogP contribution in [0, 0.1) is 11.3 Å². The number of nitrogen functional groups attached to an aromatic ring is 1. The van der Waals surface area contributed by atoms with E-state index in [4.69, 9.17) is 24.3 Å². The number of nitrogens with one attached hydrogen (secondary N) is 1. The lowest BCUT2D eigenvalue weighted by Gasteiger charge is -2.25. The van der Waals surface area contributed by atoms with Crippen molar-refractivity contribution in [3.63, 3.8) is 0 Å². The number of thioether (sulfide) groups is 1. The Bertz CT molecular complexity index is 1100. The van der Waals surface area contributed by atoms with Gasteiger partial charge in [-0.1, -0.05) is 32.5 Å². The molecule has 0 spiro atoms. The molecule has 1 saturated heterocycles. The molecule has 1 aliphatic heterocycles. The van der Waals surface area contributed by atoms with Gasteiger partial charge in [-0.05, 0) is 26.8 Å². The minimum absolute atomic E-state index is 0.0148. The molecule has 14 nitrogen and oxygen atoms in total. The molecule has 1 aromatic heterocycles. The number of nitrogens with zero attached hydrogens (tertiary/aromatic N) is 2. The summed E-state index contributed by atoms with van der Waals surface area (Å²) in [5, 5.41) is 23.0. The molecule has 0 aromatic carbocycles. The van der Waals surface area contributed by atoms with Crippen LogP contribution in [-0.2, 0) is 32.7 Å². The summed E-state index contributed by atoms with van der Waals surface area (Å²) in [6.07, 6.45) is -2.69. The van der Waals surface area contributed by atoms with Crippen molar-refractivity contribution >= 4 is 36.4 Å². The summed E-state index contributed by atoms with van der Waals surface area (Å²) in [6.45, 7) is 8.93. The minimum atomic E-state index is -4.21. The topological polar surface area (TPSA) is 202 Å². The average molecular weight is 595 g/mol. The normalized spacial score (nSPS) is 23.9. The van der Waals surface area contributed by atoms with Gasteiger partial charge in [0.25, 0.3) is 0 Å². The van der Waals surface area contributed by atoms with E-state index in [1.807, 2.05) is 0 Å². The van der Waals surface area contributed by atoms with Gasteiger partial charge >= 0.3 is 19.4 Å². The van der Waals surface area contributed by atoms with Crippen LogP contribution in [0.2, 0.25) is 0 Å². The van der Waals surface area contributed by atoms with Gasteiger partial charge in [0.2, 0.25) is 0 Å². The van der Waals surface area contributed by atoms with Crippen LogP contribution in [0.1, 0.15) is 47.8 Å². The molecule has 16 heteroatoms. The first kappa shape index (κ1) is 33.4. The number of carbonyl (C=O) groups excluding carboxylic acids is 2. The average Bonchev–Trinajstić information content (AvgIpc) is 3.14. The number of aliphatic hydroxyl groups is 2. The zero-order chi connectivity index (χ0) is 29.5. The van der Waals surface area contributed by atoms with Crippen LogP contribution in [-0.4, -0.2) is 80.8 Å². The molecule has 5 N–H and O–H groups in total. The van der Waals surface area contributed by atoms with Crippen LogP contribution < -0.4 is 16.5 Å². The Morgan fingerprint density at radius 3 is 2.54 bits per heavy atom. The summed E-state index contributed by atoms with van der Waals surface area (Å²) in [4.78, 5) is 40.4. The van der Waals surface area contributed by atoms with Crippen molar-refractivity contribution in [1.82, 2.24) is 14.6 Å². The Morgan fingerprint density at radius 2 is 1.97 bits per heavy atom. The second kappa shape index (κ2) is 14.2. The highest BCUT2D eigenvalue weighted by Gasteiger charge is 2.46. The molecule has 6 atom stereocenters. The molecule has 1 aromatic rings. The van der Waals surface area contributed by atoms with Gasteiger partial charge in [0.15, 0.2) is 11.3 Å².